The predicted molar refractivity (Wildman–Crippen MR) is 45.9 cm³/mol. The van der Waals surface area contributed by atoms with Gasteiger partial charge in [0.05, 0.1) is 11.9 Å². The molecular weight excluding hydrogens is 215 g/mol. The van der Waals surface area contributed by atoms with Crippen molar-refractivity contribution in [2.75, 3.05) is 5.73 Å². The maximum atomic E-state index is 5.58. The highest BCUT2D eigenvalue weighted by Crippen LogP contribution is 2.16. The third-order valence-corrected chi connectivity index (χ3v) is 1.86. The number of anilines is 1. The van der Waals surface area contributed by atoms with E-state index in [1.54, 1.807) is 6.20 Å². The van der Waals surface area contributed by atoms with E-state index < -0.39 is 0 Å². The number of aromatic nitrogens is 1. The third-order valence-electron chi connectivity index (χ3n) is 1.14. The van der Waals surface area contributed by atoms with Gasteiger partial charge in [0.2, 0.25) is 0 Å². The van der Waals surface area contributed by atoms with E-state index in [2.05, 4.69) is 20.9 Å². The van der Waals surface area contributed by atoms with Crippen LogP contribution in [0.1, 0.15) is 5.56 Å². The number of pyridine rings is 1. The molecule has 54 valence electrons. The first kappa shape index (κ1) is 7.82. The molecule has 0 aliphatic rings. The lowest BCUT2D eigenvalue weighted by Gasteiger charge is -1.99. The van der Waals surface area contributed by atoms with E-state index in [1.807, 2.05) is 6.07 Å². The first-order valence-electron chi connectivity index (χ1n) is 2.70. The van der Waals surface area contributed by atoms with Gasteiger partial charge in [-0.2, -0.15) is 0 Å². The maximum Gasteiger partial charge on any atom is 0.106 e. The molecule has 0 saturated heterocycles. The summed E-state index contributed by atoms with van der Waals surface area (Å²) in [5, 5.41) is 0. The second-order valence-corrected chi connectivity index (χ2v) is 2.92. The highest BCUT2D eigenvalue weighted by molar-refractivity contribution is 9.10. The van der Waals surface area contributed by atoms with Crippen LogP contribution in [0.25, 0.3) is 0 Å². The van der Waals surface area contributed by atoms with Gasteiger partial charge < -0.3 is 5.73 Å². The molecule has 2 N–H and O–H groups in total. The van der Waals surface area contributed by atoms with Crippen LogP contribution in [0.4, 0.5) is 5.69 Å². The number of halogens is 2. The molecule has 0 bridgehead atoms. The smallest absolute Gasteiger partial charge is 0.106 e. The minimum absolute atomic E-state index is 0.424. The van der Waals surface area contributed by atoms with Crippen molar-refractivity contribution >= 4 is 33.2 Å². The molecule has 1 aromatic heterocycles. The Kier molecular flexibility index (Phi) is 2.51. The Bertz CT molecular complexity index is 239. The topological polar surface area (TPSA) is 38.9 Å². The number of hydrogen-bond donors (Lipinski definition) is 1. The van der Waals surface area contributed by atoms with Crippen LogP contribution in [0.5, 0.6) is 0 Å². The van der Waals surface area contributed by atoms with Crippen molar-refractivity contribution in [3.63, 3.8) is 0 Å². The molecule has 10 heavy (non-hydrogen) atoms. The average molecular weight is 221 g/mol. The van der Waals surface area contributed by atoms with Gasteiger partial charge in [-0.1, -0.05) is 0 Å². The molecule has 0 spiro atoms. The Morgan fingerprint density at radius 3 is 2.90 bits per heavy atom. The number of nitrogens with two attached hydrogens (primary N) is 1. The third kappa shape index (κ3) is 1.61. The van der Waals surface area contributed by atoms with Crippen molar-refractivity contribution in [1.29, 1.82) is 0 Å². The van der Waals surface area contributed by atoms with Crippen molar-refractivity contribution in [1.82, 2.24) is 4.98 Å². The lowest BCUT2D eigenvalue weighted by Crippen LogP contribution is -1.92. The van der Waals surface area contributed by atoms with Crippen molar-refractivity contribution in [3.8, 4) is 0 Å². The van der Waals surface area contributed by atoms with Crippen LogP contribution in [0.15, 0.2) is 16.9 Å². The van der Waals surface area contributed by atoms with E-state index in [1.165, 1.54) is 0 Å². The first-order chi connectivity index (χ1) is 4.74. The molecular formula is C6H6BrClN2. The lowest BCUT2D eigenvalue weighted by atomic mass is 10.3. The lowest BCUT2D eigenvalue weighted by molar-refractivity contribution is 1.23. The second-order valence-electron chi connectivity index (χ2n) is 1.84. The number of rotatable bonds is 1. The monoisotopic (exact) mass is 220 g/mol. The zero-order valence-electron chi connectivity index (χ0n) is 5.14. The highest BCUT2D eigenvalue weighted by Gasteiger charge is 1.97. The Hall–Kier alpha value is -0.280. The van der Waals surface area contributed by atoms with Crippen LogP contribution < -0.4 is 5.73 Å². The zero-order chi connectivity index (χ0) is 7.56. The minimum atomic E-state index is 0.424. The number of nitrogens with zero attached hydrogens (tertiary/aromatic N) is 1. The Balaban J connectivity index is 3.09. The van der Waals surface area contributed by atoms with Gasteiger partial charge in [0, 0.05) is 5.88 Å². The van der Waals surface area contributed by atoms with Crippen molar-refractivity contribution in [2.45, 2.75) is 5.88 Å². The molecule has 1 heterocycles. The van der Waals surface area contributed by atoms with Crippen LogP contribution in [-0.2, 0) is 5.88 Å². The molecule has 0 fully saturated rings. The summed E-state index contributed by atoms with van der Waals surface area (Å²) in [7, 11) is 0. The maximum absolute atomic E-state index is 5.58. The summed E-state index contributed by atoms with van der Waals surface area (Å²) in [6, 6.07) is 1.81. The molecule has 0 unspecified atom stereocenters. The quantitative estimate of drug-likeness (QED) is 0.583. The second kappa shape index (κ2) is 3.21. The molecule has 0 saturated carbocycles. The van der Waals surface area contributed by atoms with Gasteiger partial charge in [0.25, 0.3) is 0 Å². The van der Waals surface area contributed by atoms with E-state index in [0.717, 1.165) is 10.2 Å². The van der Waals surface area contributed by atoms with E-state index in [9.17, 15) is 0 Å². The van der Waals surface area contributed by atoms with Crippen LogP contribution in [-0.4, -0.2) is 4.98 Å². The Morgan fingerprint density at radius 2 is 2.40 bits per heavy atom. The molecule has 0 atom stereocenters. The van der Waals surface area contributed by atoms with Gasteiger partial charge in [-0.05, 0) is 27.6 Å². The summed E-state index contributed by atoms with van der Waals surface area (Å²) in [6.45, 7) is 0. The van der Waals surface area contributed by atoms with Crippen LogP contribution in [0, 0.1) is 0 Å². The molecule has 1 rings (SSSR count). The summed E-state index contributed by atoms with van der Waals surface area (Å²) in [5.74, 6) is 0.424. The summed E-state index contributed by atoms with van der Waals surface area (Å²) in [5.41, 5.74) is 7.08. The summed E-state index contributed by atoms with van der Waals surface area (Å²) in [6.07, 6.45) is 1.59. The van der Waals surface area contributed by atoms with E-state index in [4.69, 9.17) is 17.3 Å². The van der Waals surface area contributed by atoms with Crippen LogP contribution in [0.2, 0.25) is 0 Å². The summed E-state index contributed by atoms with van der Waals surface area (Å²) < 4.78 is 0.761. The van der Waals surface area contributed by atoms with Gasteiger partial charge >= 0.3 is 0 Å². The van der Waals surface area contributed by atoms with Gasteiger partial charge in [0.1, 0.15) is 4.60 Å². The van der Waals surface area contributed by atoms with Crippen molar-refractivity contribution in [2.24, 2.45) is 0 Å². The SMILES string of the molecule is Nc1cnc(Br)cc1CCl. The Morgan fingerprint density at radius 1 is 1.70 bits per heavy atom. The molecule has 0 aromatic carbocycles. The van der Waals surface area contributed by atoms with E-state index in [-0.39, 0.29) is 0 Å². The fourth-order valence-corrected chi connectivity index (χ4v) is 1.20. The molecule has 0 aliphatic heterocycles. The fourth-order valence-electron chi connectivity index (χ4n) is 0.594. The zero-order valence-corrected chi connectivity index (χ0v) is 7.48. The summed E-state index contributed by atoms with van der Waals surface area (Å²) in [4.78, 5) is 3.92. The first-order valence-corrected chi connectivity index (χ1v) is 4.02. The van der Waals surface area contributed by atoms with Gasteiger partial charge in [-0.3, -0.25) is 0 Å². The molecule has 1 aromatic rings. The van der Waals surface area contributed by atoms with Crippen LogP contribution >= 0.6 is 27.5 Å². The normalized spacial score (nSPS) is 9.80. The van der Waals surface area contributed by atoms with Crippen molar-refractivity contribution < 1.29 is 0 Å². The molecule has 0 aliphatic carbocycles. The van der Waals surface area contributed by atoms with Gasteiger partial charge in [-0.25, -0.2) is 4.98 Å². The fraction of sp³-hybridized carbons (Fsp3) is 0.167. The number of hydrogen-bond acceptors (Lipinski definition) is 2. The predicted octanol–water partition coefficient (Wildman–Crippen LogP) is 2.17. The highest BCUT2D eigenvalue weighted by atomic mass is 79.9. The van der Waals surface area contributed by atoms with Crippen molar-refractivity contribution in [3.05, 3.63) is 22.4 Å². The van der Waals surface area contributed by atoms with E-state index >= 15 is 0 Å². The van der Waals surface area contributed by atoms with E-state index in [0.29, 0.717) is 11.6 Å². The van der Waals surface area contributed by atoms with Gasteiger partial charge in [-0.15, -0.1) is 11.6 Å². The molecule has 0 radical (unpaired) electrons. The van der Waals surface area contributed by atoms with Gasteiger partial charge in [0.15, 0.2) is 0 Å². The largest absolute Gasteiger partial charge is 0.397 e. The Labute approximate surface area is 72.5 Å². The number of alkyl halides is 1. The number of nitrogen functional groups attached to an aromatic ring is 1. The molecule has 0 amide bonds. The minimum Gasteiger partial charge on any atom is -0.397 e. The molecule has 4 heteroatoms. The molecule has 2 nitrogen and oxygen atoms in total. The standard InChI is InChI=1S/C6H6BrClN2/c7-6-1-4(2-8)5(9)3-10-6/h1,3H,2,9H2. The summed E-state index contributed by atoms with van der Waals surface area (Å²) >= 11 is 8.79. The van der Waals surface area contributed by atoms with Crippen LogP contribution in [0.3, 0.4) is 0 Å². The average Bonchev–Trinajstić information content (AvgIpc) is 1.94.